The van der Waals surface area contributed by atoms with Crippen LogP contribution >= 0.6 is 0 Å². The van der Waals surface area contributed by atoms with Gasteiger partial charge in [-0.3, -0.25) is 0 Å². The summed E-state index contributed by atoms with van der Waals surface area (Å²) in [6, 6.07) is 0. The van der Waals surface area contributed by atoms with E-state index in [1.54, 1.807) is 0 Å². The van der Waals surface area contributed by atoms with Crippen LogP contribution in [0.2, 0.25) is 0 Å². The molecule has 4 atom stereocenters. The van der Waals surface area contributed by atoms with Crippen molar-refractivity contribution < 1.29 is 10.2 Å². The van der Waals surface area contributed by atoms with Gasteiger partial charge in [0.15, 0.2) is 0 Å². The van der Waals surface area contributed by atoms with E-state index in [-0.39, 0.29) is 0 Å². The van der Waals surface area contributed by atoms with Gasteiger partial charge >= 0.3 is 0 Å². The van der Waals surface area contributed by atoms with E-state index in [1.807, 2.05) is 0 Å². The lowest BCUT2D eigenvalue weighted by atomic mass is 9.95. The fourth-order valence-corrected chi connectivity index (χ4v) is 2.23. The summed E-state index contributed by atoms with van der Waals surface area (Å²) in [5.41, 5.74) is 0. The molecule has 0 amide bonds. The SMILES string of the molecule is O[C@@H]1C2CCC(C2)[C@@H]1O. The summed E-state index contributed by atoms with van der Waals surface area (Å²) in [6.07, 6.45) is 2.51. The molecule has 2 heteroatoms. The summed E-state index contributed by atoms with van der Waals surface area (Å²) >= 11 is 0. The highest BCUT2D eigenvalue weighted by atomic mass is 16.3. The Bertz CT molecular complexity index is 106. The van der Waals surface area contributed by atoms with E-state index >= 15 is 0 Å². The van der Waals surface area contributed by atoms with Gasteiger partial charge in [-0.1, -0.05) is 0 Å². The maximum absolute atomic E-state index is 9.24. The zero-order valence-electron chi connectivity index (χ0n) is 5.33. The molecule has 2 aliphatic rings. The molecule has 0 aromatic heterocycles. The van der Waals surface area contributed by atoms with E-state index in [2.05, 4.69) is 0 Å². The second-order valence-electron chi connectivity index (χ2n) is 3.31. The number of hydrogen-bond acceptors (Lipinski definition) is 2. The van der Waals surface area contributed by atoms with Crippen molar-refractivity contribution in [2.24, 2.45) is 11.8 Å². The maximum atomic E-state index is 9.24. The highest BCUT2D eigenvalue weighted by Crippen LogP contribution is 2.44. The molecule has 9 heavy (non-hydrogen) atoms. The molecule has 2 unspecified atom stereocenters. The van der Waals surface area contributed by atoms with Gasteiger partial charge in [-0.25, -0.2) is 0 Å². The topological polar surface area (TPSA) is 40.5 Å². The molecule has 2 N–H and O–H groups in total. The lowest BCUT2D eigenvalue weighted by Crippen LogP contribution is -2.31. The third-order valence-electron chi connectivity index (χ3n) is 2.83. The van der Waals surface area contributed by atoms with Crippen LogP contribution in [0.4, 0.5) is 0 Å². The van der Waals surface area contributed by atoms with Crippen molar-refractivity contribution in [2.75, 3.05) is 0 Å². The van der Waals surface area contributed by atoms with Crippen LogP contribution in [0.25, 0.3) is 0 Å². The van der Waals surface area contributed by atoms with E-state index in [1.165, 1.54) is 0 Å². The van der Waals surface area contributed by atoms with Crippen LogP contribution in [0.15, 0.2) is 0 Å². The monoisotopic (exact) mass is 128 g/mol. The highest BCUT2D eigenvalue weighted by molar-refractivity contribution is 4.96. The van der Waals surface area contributed by atoms with E-state index in [9.17, 15) is 10.2 Å². The van der Waals surface area contributed by atoms with Crippen LogP contribution in [0.1, 0.15) is 19.3 Å². The van der Waals surface area contributed by atoms with Gasteiger partial charge in [-0.05, 0) is 31.1 Å². The number of fused-ring (bicyclic) bond motifs is 2. The van der Waals surface area contributed by atoms with Crippen molar-refractivity contribution in [2.45, 2.75) is 31.5 Å². The Morgan fingerprint density at radius 3 is 1.56 bits per heavy atom. The molecule has 52 valence electrons. The summed E-state index contributed by atoms with van der Waals surface area (Å²) in [5, 5.41) is 18.5. The van der Waals surface area contributed by atoms with Crippen LogP contribution in [0.3, 0.4) is 0 Å². The maximum Gasteiger partial charge on any atom is 0.0830 e. The molecule has 0 heterocycles. The Balaban J connectivity index is 2.15. The molecule has 0 aliphatic heterocycles. The first-order valence-corrected chi connectivity index (χ1v) is 3.65. The number of aliphatic hydroxyl groups excluding tert-OH is 2. The van der Waals surface area contributed by atoms with Gasteiger partial charge in [0.25, 0.3) is 0 Å². The second-order valence-corrected chi connectivity index (χ2v) is 3.31. The van der Waals surface area contributed by atoms with Gasteiger partial charge in [-0.15, -0.1) is 0 Å². The molecule has 0 saturated heterocycles. The largest absolute Gasteiger partial charge is 0.390 e. The van der Waals surface area contributed by atoms with Crippen LogP contribution in [0.5, 0.6) is 0 Å². The normalized spacial score (nSPS) is 56.7. The lowest BCUT2D eigenvalue weighted by molar-refractivity contribution is -0.0160. The average Bonchev–Trinajstić information content (AvgIpc) is 2.37. The summed E-state index contributed by atoms with van der Waals surface area (Å²) in [4.78, 5) is 0. The zero-order chi connectivity index (χ0) is 6.43. The molecule has 2 bridgehead atoms. The Labute approximate surface area is 54.5 Å². The van der Waals surface area contributed by atoms with Crippen molar-refractivity contribution in [1.29, 1.82) is 0 Å². The Morgan fingerprint density at radius 1 is 0.889 bits per heavy atom. The Hall–Kier alpha value is -0.0800. The van der Waals surface area contributed by atoms with E-state index < -0.39 is 12.2 Å². The number of rotatable bonds is 0. The minimum atomic E-state index is -0.399. The predicted octanol–water partition coefficient (Wildman–Crippen LogP) is 0.138. The number of hydrogen-bond donors (Lipinski definition) is 2. The lowest BCUT2D eigenvalue weighted by Gasteiger charge is -2.21. The van der Waals surface area contributed by atoms with Crippen LogP contribution in [0, 0.1) is 11.8 Å². The van der Waals surface area contributed by atoms with Crippen LogP contribution in [-0.4, -0.2) is 22.4 Å². The predicted molar refractivity (Wildman–Crippen MR) is 32.8 cm³/mol. The molecule has 0 radical (unpaired) electrons. The standard InChI is InChI=1S/C7H12O2/c8-6-4-1-2-5(3-4)7(6)9/h4-9H,1-3H2/t4?,5?,6-,7+. The quantitative estimate of drug-likeness (QED) is 0.487. The second kappa shape index (κ2) is 1.70. The Morgan fingerprint density at radius 2 is 1.33 bits per heavy atom. The van der Waals surface area contributed by atoms with Crippen LogP contribution in [-0.2, 0) is 0 Å². The fourth-order valence-electron chi connectivity index (χ4n) is 2.23. The van der Waals surface area contributed by atoms with Crippen LogP contribution < -0.4 is 0 Å². The van der Waals surface area contributed by atoms with Crippen molar-refractivity contribution in [3.63, 3.8) is 0 Å². The third-order valence-corrected chi connectivity index (χ3v) is 2.83. The Kier molecular flexibility index (Phi) is 1.08. The minimum absolute atomic E-state index is 0.399. The first-order valence-electron chi connectivity index (χ1n) is 3.65. The molecule has 2 saturated carbocycles. The third kappa shape index (κ3) is 0.634. The molecular formula is C7H12O2. The van der Waals surface area contributed by atoms with E-state index in [0.717, 1.165) is 19.3 Å². The number of aliphatic hydroxyl groups is 2. The van der Waals surface area contributed by atoms with Crippen molar-refractivity contribution >= 4 is 0 Å². The van der Waals surface area contributed by atoms with Crippen molar-refractivity contribution in [3.8, 4) is 0 Å². The first kappa shape index (κ1) is 5.69. The highest BCUT2D eigenvalue weighted by Gasteiger charge is 2.45. The minimum Gasteiger partial charge on any atom is -0.390 e. The smallest absolute Gasteiger partial charge is 0.0830 e. The molecule has 2 nitrogen and oxygen atoms in total. The van der Waals surface area contributed by atoms with Gasteiger partial charge in [0.2, 0.25) is 0 Å². The first-order chi connectivity index (χ1) is 4.29. The summed E-state index contributed by atoms with van der Waals surface area (Å²) in [5.74, 6) is 0.843. The van der Waals surface area contributed by atoms with Gasteiger partial charge in [0.05, 0.1) is 12.2 Å². The van der Waals surface area contributed by atoms with Gasteiger partial charge in [0.1, 0.15) is 0 Å². The van der Waals surface area contributed by atoms with Crippen molar-refractivity contribution in [1.82, 2.24) is 0 Å². The molecule has 2 aliphatic carbocycles. The fraction of sp³-hybridized carbons (Fsp3) is 1.00. The molecule has 2 fully saturated rings. The zero-order valence-corrected chi connectivity index (χ0v) is 5.33. The molecule has 0 aromatic rings. The van der Waals surface area contributed by atoms with Gasteiger partial charge in [-0.2, -0.15) is 0 Å². The van der Waals surface area contributed by atoms with E-state index in [0.29, 0.717) is 11.8 Å². The van der Waals surface area contributed by atoms with Gasteiger partial charge < -0.3 is 10.2 Å². The molecular weight excluding hydrogens is 116 g/mol. The molecule has 0 spiro atoms. The molecule has 2 rings (SSSR count). The summed E-state index contributed by atoms with van der Waals surface area (Å²) < 4.78 is 0. The summed E-state index contributed by atoms with van der Waals surface area (Å²) in [7, 11) is 0. The van der Waals surface area contributed by atoms with Gasteiger partial charge in [0, 0.05) is 0 Å². The summed E-state index contributed by atoms with van der Waals surface area (Å²) in [6.45, 7) is 0. The van der Waals surface area contributed by atoms with Crippen molar-refractivity contribution in [3.05, 3.63) is 0 Å². The average molecular weight is 128 g/mol. The molecule has 0 aromatic carbocycles. The van der Waals surface area contributed by atoms with E-state index in [4.69, 9.17) is 0 Å².